The van der Waals surface area contributed by atoms with E-state index in [1.54, 1.807) is 0 Å². The predicted octanol–water partition coefficient (Wildman–Crippen LogP) is 1.90. The Kier molecular flexibility index (Phi) is 5.56. The van der Waals surface area contributed by atoms with E-state index in [1.807, 2.05) is 6.92 Å². The van der Waals surface area contributed by atoms with Crippen molar-refractivity contribution in [2.24, 2.45) is 5.92 Å². The molecule has 0 heterocycles. The SMILES string of the molecule is CCOCC(C)CCl. The highest BCUT2D eigenvalue weighted by Gasteiger charge is 1.96. The summed E-state index contributed by atoms with van der Waals surface area (Å²) in [5, 5.41) is 0. The molecule has 50 valence electrons. The number of hydrogen-bond donors (Lipinski definition) is 0. The summed E-state index contributed by atoms with van der Waals surface area (Å²) in [7, 11) is 0. The lowest BCUT2D eigenvalue weighted by Gasteiger charge is -2.04. The predicted molar refractivity (Wildman–Crippen MR) is 36.4 cm³/mol. The van der Waals surface area contributed by atoms with E-state index in [2.05, 4.69) is 6.92 Å². The quantitative estimate of drug-likeness (QED) is 0.537. The molecule has 1 nitrogen and oxygen atoms in total. The lowest BCUT2D eigenvalue weighted by Crippen LogP contribution is -2.06. The maximum absolute atomic E-state index is 5.51. The van der Waals surface area contributed by atoms with E-state index in [0.717, 1.165) is 13.2 Å². The van der Waals surface area contributed by atoms with Gasteiger partial charge in [0.05, 0.1) is 6.61 Å². The molecule has 0 saturated carbocycles. The largest absolute Gasteiger partial charge is 0.381 e. The smallest absolute Gasteiger partial charge is 0.0502 e. The lowest BCUT2D eigenvalue weighted by molar-refractivity contribution is 0.123. The van der Waals surface area contributed by atoms with E-state index in [1.165, 1.54) is 0 Å². The van der Waals surface area contributed by atoms with Crippen LogP contribution in [0.2, 0.25) is 0 Å². The van der Waals surface area contributed by atoms with Gasteiger partial charge in [-0.3, -0.25) is 0 Å². The van der Waals surface area contributed by atoms with E-state index in [4.69, 9.17) is 16.3 Å². The molecular weight excluding hydrogens is 124 g/mol. The van der Waals surface area contributed by atoms with Crippen molar-refractivity contribution >= 4 is 11.6 Å². The topological polar surface area (TPSA) is 9.23 Å². The Morgan fingerprint density at radius 1 is 1.62 bits per heavy atom. The third-order valence-electron chi connectivity index (χ3n) is 0.870. The van der Waals surface area contributed by atoms with Gasteiger partial charge < -0.3 is 4.74 Å². The third-order valence-corrected chi connectivity index (χ3v) is 1.40. The van der Waals surface area contributed by atoms with Gasteiger partial charge in [-0.05, 0) is 12.8 Å². The van der Waals surface area contributed by atoms with Crippen LogP contribution >= 0.6 is 11.6 Å². The molecular formula is C6H13ClO. The first-order valence-corrected chi connectivity index (χ1v) is 3.48. The van der Waals surface area contributed by atoms with Gasteiger partial charge in [0.25, 0.3) is 0 Å². The second-order valence-electron chi connectivity index (χ2n) is 1.92. The number of hydrogen-bond acceptors (Lipinski definition) is 1. The molecule has 0 radical (unpaired) electrons. The molecule has 0 fully saturated rings. The number of rotatable bonds is 4. The summed E-state index contributed by atoms with van der Waals surface area (Å²) in [4.78, 5) is 0. The minimum absolute atomic E-state index is 0.497. The molecule has 2 heteroatoms. The second-order valence-corrected chi connectivity index (χ2v) is 2.23. The molecule has 0 aromatic heterocycles. The van der Waals surface area contributed by atoms with Crippen molar-refractivity contribution in [2.75, 3.05) is 19.1 Å². The Hall–Kier alpha value is 0.250. The van der Waals surface area contributed by atoms with Gasteiger partial charge in [0.2, 0.25) is 0 Å². The molecule has 0 spiro atoms. The van der Waals surface area contributed by atoms with E-state index < -0.39 is 0 Å². The third kappa shape index (κ3) is 4.41. The van der Waals surface area contributed by atoms with Gasteiger partial charge >= 0.3 is 0 Å². The van der Waals surface area contributed by atoms with Crippen molar-refractivity contribution in [1.29, 1.82) is 0 Å². The van der Waals surface area contributed by atoms with Crippen LogP contribution in [-0.4, -0.2) is 19.1 Å². The van der Waals surface area contributed by atoms with E-state index in [-0.39, 0.29) is 0 Å². The molecule has 0 N–H and O–H groups in total. The van der Waals surface area contributed by atoms with Gasteiger partial charge in [-0.1, -0.05) is 6.92 Å². The maximum atomic E-state index is 5.51. The Morgan fingerprint density at radius 2 is 2.25 bits per heavy atom. The molecule has 0 aliphatic rings. The zero-order chi connectivity index (χ0) is 6.41. The zero-order valence-corrected chi connectivity index (χ0v) is 6.24. The van der Waals surface area contributed by atoms with E-state index >= 15 is 0 Å². The first-order chi connectivity index (χ1) is 3.81. The standard InChI is InChI=1S/C6H13ClO/c1-3-8-5-6(2)4-7/h6H,3-5H2,1-2H3. The van der Waals surface area contributed by atoms with Crippen LogP contribution in [0.5, 0.6) is 0 Å². The molecule has 0 aromatic rings. The van der Waals surface area contributed by atoms with Crippen LogP contribution in [0.1, 0.15) is 13.8 Å². The van der Waals surface area contributed by atoms with Crippen LogP contribution < -0.4 is 0 Å². The molecule has 1 atom stereocenters. The highest BCUT2D eigenvalue weighted by molar-refractivity contribution is 6.18. The minimum atomic E-state index is 0.497. The summed E-state index contributed by atoms with van der Waals surface area (Å²) < 4.78 is 5.10. The van der Waals surface area contributed by atoms with Crippen molar-refractivity contribution in [2.45, 2.75) is 13.8 Å². The first-order valence-electron chi connectivity index (χ1n) is 2.95. The molecule has 0 aliphatic carbocycles. The summed E-state index contributed by atoms with van der Waals surface area (Å²) in [5.74, 6) is 1.19. The second kappa shape index (κ2) is 5.39. The molecule has 8 heavy (non-hydrogen) atoms. The van der Waals surface area contributed by atoms with Crippen molar-refractivity contribution in [3.63, 3.8) is 0 Å². The molecule has 0 saturated heterocycles. The maximum Gasteiger partial charge on any atom is 0.0502 e. The van der Waals surface area contributed by atoms with Crippen LogP contribution in [0.25, 0.3) is 0 Å². The summed E-state index contributed by atoms with van der Waals surface area (Å²) in [6, 6.07) is 0. The Labute approximate surface area is 56.0 Å². The van der Waals surface area contributed by atoms with Crippen molar-refractivity contribution in [3.05, 3.63) is 0 Å². The molecule has 0 aromatic carbocycles. The summed E-state index contributed by atoms with van der Waals surface area (Å²) in [6.07, 6.45) is 0. The van der Waals surface area contributed by atoms with E-state index in [0.29, 0.717) is 11.8 Å². The Morgan fingerprint density at radius 3 is 2.62 bits per heavy atom. The van der Waals surface area contributed by atoms with Crippen LogP contribution in [0, 0.1) is 5.92 Å². The van der Waals surface area contributed by atoms with Gasteiger partial charge in [-0.25, -0.2) is 0 Å². The molecule has 1 unspecified atom stereocenters. The summed E-state index contributed by atoms with van der Waals surface area (Å²) in [6.45, 7) is 5.64. The van der Waals surface area contributed by atoms with Crippen LogP contribution in [-0.2, 0) is 4.74 Å². The number of alkyl halides is 1. The molecule has 0 rings (SSSR count). The zero-order valence-electron chi connectivity index (χ0n) is 5.48. The lowest BCUT2D eigenvalue weighted by atomic mass is 10.2. The normalized spacial score (nSPS) is 13.9. The first kappa shape index (κ1) is 8.25. The summed E-state index contributed by atoms with van der Waals surface area (Å²) in [5.41, 5.74) is 0. The van der Waals surface area contributed by atoms with Crippen LogP contribution in [0.15, 0.2) is 0 Å². The van der Waals surface area contributed by atoms with Crippen molar-refractivity contribution in [3.8, 4) is 0 Å². The highest BCUT2D eigenvalue weighted by Crippen LogP contribution is 1.97. The number of ether oxygens (including phenoxy) is 1. The Balaban J connectivity index is 2.86. The average Bonchev–Trinajstić information content (AvgIpc) is 1.83. The van der Waals surface area contributed by atoms with Crippen molar-refractivity contribution < 1.29 is 4.74 Å². The van der Waals surface area contributed by atoms with Gasteiger partial charge in [-0.2, -0.15) is 0 Å². The number of halogens is 1. The van der Waals surface area contributed by atoms with Gasteiger partial charge in [0, 0.05) is 12.5 Å². The average molecular weight is 137 g/mol. The van der Waals surface area contributed by atoms with Gasteiger partial charge in [0.1, 0.15) is 0 Å². The van der Waals surface area contributed by atoms with E-state index in [9.17, 15) is 0 Å². The fraction of sp³-hybridized carbons (Fsp3) is 1.00. The molecule has 0 bridgehead atoms. The highest BCUT2D eigenvalue weighted by atomic mass is 35.5. The van der Waals surface area contributed by atoms with Gasteiger partial charge in [0.15, 0.2) is 0 Å². The van der Waals surface area contributed by atoms with Crippen molar-refractivity contribution in [1.82, 2.24) is 0 Å². The summed E-state index contributed by atoms with van der Waals surface area (Å²) >= 11 is 5.51. The fourth-order valence-electron chi connectivity index (χ4n) is 0.364. The molecule has 0 aliphatic heterocycles. The van der Waals surface area contributed by atoms with Crippen LogP contribution in [0.3, 0.4) is 0 Å². The monoisotopic (exact) mass is 136 g/mol. The van der Waals surface area contributed by atoms with Gasteiger partial charge in [-0.15, -0.1) is 11.6 Å². The fourth-order valence-corrected chi connectivity index (χ4v) is 0.453. The molecule has 0 amide bonds. The van der Waals surface area contributed by atoms with Crippen LogP contribution in [0.4, 0.5) is 0 Å². The minimum Gasteiger partial charge on any atom is -0.381 e. The Bertz CT molecular complexity index is 47.8.